The summed E-state index contributed by atoms with van der Waals surface area (Å²) in [5.41, 5.74) is 7.07. The van der Waals surface area contributed by atoms with Crippen LogP contribution in [0.3, 0.4) is 0 Å². The number of nitrogens with one attached hydrogen (secondary N) is 1. The average Bonchev–Trinajstić information content (AvgIpc) is 2.88. The molecule has 3 aromatic rings. The topological polar surface area (TPSA) is 90.1 Å². The fraction of sp³-hybridized carbons (Fsp3) is 0.269. The number of alkyl halides is 3. The van der Waals surface area contributed by atoms with Gasteiger partial charge in [-0.1, -0.05) is 30.3 Å². The van der Waals surface area contributed by atoms with Crippen molar-refractivity contribution in [1.82, 2.24) is 15.3 Å². The molecule has 6 nitrogen and oxygen atoms in total. The van der Waals surface area contributed by atoms with Crippen LogP contribution in [0.2, 0.25) is 0 Å². The highest BCUT2D eigenvalue weighted by molar-refractivity contribution is 5.92. The molecule has 0 aliphatic carbocycles. The third-order valence-corrected chi connectivity index (χ3v) is 5.93. The van der Waals surface area contributed by atoms with Crippen molar-refractivity contribution in [3.63, 3.8) is 0 Å². The summed E-state index contributed by atoms with van der Waals surface area (Å²) >= 11 is 0. The van der Waals surface area contributed by atoms with Crippen molar-refractivity contribution < 1.29 is 27.1 Å². The van der Waals surface area contributed by atoms with Gasteiger partial charge in [0, 0.05) is 12.7 Å². The van der Waals surface area contributed by atoms with Crippen LogP contribution >= 0.6 is 0 Å². The van der Waals surface area contributed by atoms with Crippen molar-refractivity contribution in [3.05, 3.63) is 88.8 Å². The van der Waals surface area contributed by atoms with E-state index in [9.17, 15) is 22.4 Å². The summed E-state index contributed by atoms with van der Waals surface area (Å²) in [6, 6.07) is 9.32. The number of carbonyl (C=O) groups is 1. The van der Waals surface area contributed by atoms with E-state index in [-0.39, 0.29) is 29.3 Å². The predicted octanol–water partition coefficient (Wildman–Crippen LogP) is 5.05. The Morgan fingerprint density at radius 2 is 1.94 bits per heavy atom. The minimum absolute atomic E-state index is 0.122. The SMILES string of the molecule is C[C@@H](NC(=O)c1ccnc(C2=CCOCC2)n1)c1ccc(-c2cc(C(F)(F)F)c(F)cc2CN)cc1. The van der Waals surface area contributed by atoms with Crippen LogP contribution in [0.15, 0.2) is 54.7 Å². The minimum Gasteiger partial charge on any atom is -0.377 e. The summed E-state index contributed by atoms with van der Waals surface area (Å²) in [7, 11) is 0. The molecule has 0 saturated heterocycles. The van der Waals surface area contributed by atoms with Crippen molar-refractivity contribution in [2.75, 3.05) is 13.2 Å². The van der Waals surface area contributed by atoms with Crippen LogP contribution in [0.1, 0.15) is 52.4 Å². The standard InChI is InChI=1S/C26H24F4N4O2/c1-15(33-25(35)23-6-9-32-24(34-23)18-7-10-36-11-8-18)16-2-4-17(5-3-16)20-13-21(26(28,29)30)22(27)12-19(20)14-31/h2-7,9,12-13,15H,8,10-11,14,31H2,1H3,(H,33,35)/t15-/m1/s1. The van der Waals surface area contributed by atoms with Crippen LogP contribution in [0.5, 0.6) is 0 Å². The number of halogens is 4. The Hall–Kier alpha value is -3.63. The second kappa shape index (κ2) is 10.5. The molecule has 10 heteroatoms. The lowest BCUT2D eigenvalue weighted by Gasteiger charge is -2.17. The number of rotatable bonds is 6. The van der Waals surface area contributed by atoms with E-state index < -0.39 is 23.6 Å². The molecule has 0 fully saturated rings. The summed E-state index contributed by atoms with van der Waals surface area (Å²) in [4.78, 5) is 21.4. The van der Waals surface area contributed by atoms with Crippen molar-refractivity contribution in [2.24, 2.45) is 5.73 Å². The molecule has 1 atom stereocenters. The van der Waals surface area contributed by atoms with Crippen molar-refractivity contribution >= 4 is 11.5 Å². The molecule has 188 valence electrons. The number of benzene rings is 2. The molecule has 4 rings (SSSR count). The van der Waals surface area contributed by atoms with Gasteiger partial charge >= 0.3 is 6.18 Å². The minimum atomic E-state index is -4.83. The number of ether oxygens (including phenoxy) is 1. The molecule has 3 N–H and O–H groups in total. The van der Waals surface area contributed by atoms with Gasteiger partial charge in [-0.05, 0) is 59.4 Å². The van der Waals surface area contributed by atoms with Crippen molar-refractivity contribution in [1.29, 1.82) is 0 Å². The first kappa shape index (κ1) is 25.5. The van der Waals surface area contributed by atoms with Gasteiger partial charge in [-0.2, -0.15) is 13.2 Å². The predicted molar refractivity (Wildman–Crippen MR) is 126 cm³/mol. The zero-order chi connectivity index (χ0) is 25.9. The maximum atomic E-state index is 14.0. The number of amides is 1. The number of hydrogen-bond donors (Lipinski definition) is 2. The van der Waals surface area contributed by atoms with Crippen LogP contribution < -0.4 is 11.1 Å². The molecular formula is C26H24F4N4O2. The molecular weight excluding hydrogens is 476 g/mol. The van der Waals surface area contributed by atoms with E-state index in [1.165, 1.54) is 12.3 Å². The number of nitrogens with two attached hydrogens (primary N) is 1. The van der Waals surface area contributed by atoms with Gasteiger partial charge in [-0.15, -0.1) is 0 Å². The molecule has 0 spiro atoms. The maximum absolute atomic E-state index is 14.0. The van der Waals surface area contributed by atoms with E-state index in [2.05, 4.69) is 15.3 Å². The first-order chi connectivity index (χ1) is 17.2. The van der Waals surface area contributed by atoms with Gasteiger partial charge in [-0.3, -0.25) is 4.79 Å². The van der Waals surface area contributed by atoms with Crippen molar-refractivity contribution in [3.8, 4) is 11.1 Å². The van der Waals surface area contributed by atoms with E-state index in [0.717, 1.165) is 23.3 Å². The third kappa shape index (κ3) is 5.60. The van der Waals surface area contributed by atoms with Gasteiger partial charge in [0.25, 0.3) is 5.91 Å². The molecule has 1 aliphatic rings. The Morgan fingerprint density at radius 3 is 2.58 bits per heavy atom. The zero-order valence-electron chi connectivity index (χ0n) is 19.4. The van der Waals surface area contributed by atoms with Gasteiger partial charge in [0.15, 0.2) is 5.82 Å². The number of hydrogen-bond acceptors (Lipinski definition) is 5. The molecule has 0 saturated carbocycles. The number of carbonyl (C=O) groups excluding carboxylic acids is 1. The lowest BCUT2D eigenvalue weighted by atomic mass is 9.95. The largest absolute Gasteiger partial charge is 0.419 e. The van der Waals surface area contributed by atoms with Gasteiger partial charge in [0.2, 0.25) is 0 Å². The Bertz CT molecular complexity index is 1290. The zero-order valence-corrected chi connectivity index (χ0v) is 19.4. The fourth-order valence-electron chi connectivity index (χ4n) is 3.94. The second-order valence-electron chi connectivity index (χ2n) is 8.33. The Morgan fingerprint density at radius 1 is 1.19 bits per heavy atom. The van der Waals surface area contributed by atoms with Crippen LogP contribution in [-0.2, 0) is 17.5 Å². The average molecular weight is 500 g/mol. The van der Waals surface area contributed by atoms with Gasteiger partial charge in [0.1, 0.15) is 11.5 Å². The van der Waals surface area contributed by atoms with E-state index in [1.54, 1.807) is 31.2 Å². The van der Waals surface area contributed by atoms with Crippen molar-refractivity contribution in [2.45, 2.75) is 32.1 Å². The molecule has 0 bridgehead atoms. The Balaban J connectivity index is 1.52. The lowest BCUT2D eigenvalue weighted by molar-refractivity contribution is -0.139. The molecule has 2 heterocycles. The summed E-state index contributed by atoms with van der Waals surface area (Å²) < 4.78 is 58.9. The molecule has 0 unspecified atom stereocenters. The van der Waals surface area contributed by atoms with Crippen LogP contribution in [0.25, 0.3) is 16.7 Å². The van der Waals surface area contributed by atoms with Crippen LogP contribution in [0, 0.1) is 5.82 Å². The fourth-order valence-corrected chi connectivity index (χ4v) is 3.94. The monoisotopic (exact) mass is 500 g/mol. The molecule has 36 heavy (non-hydrogen) atoms. The van der Waals surface area contributed by atoms with E-state index in [1.807, 2.05) is 6.08 Å². The summed E-state index contributed by atoms with van der Waals surface area (Å²) in [5, 5.41) is 2.87. The molecule has 0 radical (unpaired) electrons. The smallest absolute Gasteiger partial charge is 0.377 e. The highest BCUT2D eigenvalue weighted by Gasteiger charge is 2.35. The van der Waals surface area contributed by atoms with E-state index in [0.29, 0.717) is 31.0 Å². The maximum Gasteiger partial charge on any atom is 0.419 e. The molecule has 1 aromatic heterocycles. The van der Waals surface area contributed by atoms with Crippen LogP contribution in [-0.4, -0.2) is 29.1 Å². The quantitative estimate of drug-likeness (QED) is 0.462. The Labute approximate surface area is 205 Å². The number of nitrogens with zero attached hydrogens (tertiary/aromatic N) is 2. The highest BCUT2D eigenvalue weighted by atomic mass is 19.4. The first-order valence-electron chi connectivity index (χ1n) is 11.3. The van der Waals surface area contributed by atoms with E-state index >= 15 is 0 Å². The lowest BCUT2D eigenvalue weighted by Crippen LogP contribution is -2.27. The molecule has 1 aliphatic heterocycles. The Kier molecular flexibility index (Phi) is 7.46. The van der Waals surface area contributed by atoms with E-state index in [4.69, 9.17) is 10.5 Å². The van der Waals surface area contributed by atoms with Gasteiger partial charge in [0.05, 0.1) is 24.8 Å². The normalized spacial score (nSPS) is 14.8. The first-order valence-corrected chi connectivity index (χ1v) is 11.3. The highest BCUT2D eigenvalue weighted by Crippen LogP contribution is 2.36. The third-order valence-electron chi connectivity index (χ3n) is 5.93. The van der Waals surface area contributed by atoms with Gasteiger partial charge in [-0.25, -0.2) is 14.4 Å². The summed E-state index contributed by atoms with van der Waals surface area (Å²) in [5.74, 6) is -1.27. The summed E-state index contributed by atoms with van der Waals surface area (Å²) in [6.45, 7) is 2.70. The van der Waals surface area contributed by atoms with Crippen LogP contribution in [0.4, 0.5) is 17.6 Å². The molecule has 1 amide bonds. The van der Waals surface area contributed by atoms with Gasteiger partial charge < -0.3 is 15.8 Å². The second-order valence-corrected chi connectivity index (χ2v) is 8.33. The number of aromatic nitrogens is 2. The summed E-state index contributed by atoms with van der Waals surface area (Å²) in [6.07, 6.45) is -0.745. The molecule has 2 aromatic carbocycles.